The minimum atomic E-state index is -0.0473. The van der Waals surface area contributed by atoms with Gasteiger partial charge in [0.15, 0.2) is 0 Å². The van der Waals surface area contributed by atoms with E-state index in [0.29, 0.717) is 26.2 Å². The first kappa shape index (κ1) is 21.7. The molecule has 2 fully saturated rings. The van der Waals surface area contributed by atoms with E-state index in [9.17, 15) is 14.4 Å². The van der Waals surface area contributed by atoms with E-state index in [2.05, 4.69) is 5.32 Å². The van der Waals surface area contributed by atoms with Crippen molar-refractivity contribution in [1.82, 2.24) is 20.0 Å². The van der Waals surface area contributed by atoms with E-state index in [0.717, 1.165) is 38.8 Å². The van der Waals surface area contributed by atoms with E-state index in [4.69, 9.17) is 0 Å². The van der Waals surface area contributed by atoms with Crippen molar-refractivity contribution in [2.45, 2.75) is 52.4 Å². The first-order valence-electron chi connectivity index (χ1n) is 10.6. The zero-order valence-electron chi connectivity index (χ0n) is 17.0. The van der Waals surface area contributed by atoms with Gasteiger partial charge in [0, 0.05) is 38.6 Å². The molecule has 0 bridgehead atoms. The SMILES string of the molecule is CCNC(=O)CN(CC)CC(=O)N1CCC(C(=O)N2CCCCCC2)CC1. The van der Waals surface area contributed by atoms with Gasteiger partial charge in [-0.15, -0.1) is 0 Å². The number of nitrogens with zero attached hydrogens (tertiary/aromatic N) is 3. The summed E-state index contributed by atoms with van der Waals surface area (Å²) in [6, 6.07) is 0. The third kappa shape index (κ3) is 6.79. The summed E-state index contributed by atoms with van der Waals surface area (Å²) >= 11 is 0. The minimum absolute atomic E-state index is 0.0473. The molecule has 2 aliphatic rings. The van der Waals surface area contributed by atoms with E-state index >= 15 is 0 Å². The Morgan fingerprint density at radius 3 is 2.07 bits per heavy atom. The molecule has 0 aromatic carbocycles. The quantitative estimate of drug-likeness (QED) is 0.717. The number of likely N-dealkylation sites (tertiary alicyclic amines) is 2. The molecule has 7 nitrogen and oxygen atoms in total. The molecule has 1 N–H and O–H groups in total. The molecule has 154 valence electrons. The molecule has 2 aliphatic heterocycles. The van der Waals surface area contributed by atoms with Gasteiger partial charge in [-0.2, -0.15) is 0 Å². The van der Waals surface area contributed by atoms with Gasteiger partial charge in [0.1, 0.15) is 0 Å². The average molecular weight is 381 g/mol. The van der Waals surface area contributed by atoms with Gasteiger partial charge in [0.2, 0.25) is 17.7 Å². The summed E-state index contributed by atoms with van der Waals surface area (Å²) in [5.74, 6) is 0.357. The minimum Gasteiger partial charge on any atom is -0.355 e. The molecule has 0 atom stereocenters. The standard InChI is InChI=1S/C20H36N4O3/c1-3-21-18(25)15-22(4-2)16-19(26)23-13-9-17(10-14-23)20(27)24-11-7-5-6-8-12-24/h17H,3-16H2,1-2H3,(H,21,25). The Balaban J connectivity index is 1.77. The summed E-state index contributed by atoms with van der Waals surface area (Å²) in [5.41, 5.74) is 0. The Morgan fingerprint density at radius 1 is 0.889 bits per heavy atom. The van der Waals surface area contributed by atoms with Gasteiger partial charge in [-0.25, -0.2) is 0 Å². The fraction of sp³-hybridized carbons (Fsp3) is 0.850. The summed E-state index contributed by atoms with van der Waals surface area (Å²) in [4.78, 5) is 42.8. The Hall–Kier alpha value is -1.63. The highest BCUT2D eigenvalue weighted by atomic mass is 16.2. The van der Waals surface area contributed by atoms with Crippen LogP contribution in [0.1, 0.15) is 52.4 Å². The van der Waals surface area contributed by atoms with Crippen LogP contribution >= 0.6 is 0 Å². The molecule has 0 spiro atoms. The number of piperidine rings is 1. The highest BCUT2D eigenvalue weighted by Crippen LogP contribution is 2.22. The Kier molecular flexibility index (Phi) is 9.04. The average Bonchev–Trinajstić information content (AvgIpc) is 2.96. The van der Waals surface area contributed by atoms with Gasteiger partial charge in [-0.05, 0) is 39.2 Å². The lowest BCUT2D eigenvalue weighted by atomic mass is 9.95. The Bertz CT molecular complexity index is 495. The molecule has 2 rings (SSSR count). The molecule has 0 unspecified atom stereocenters. The molecular weight excluding hydrogens is 344 g/mol. The van der Waals surface area contributed by atoms with Crippen molar-refractivity contribution in [2.75, 3.05) is 52.4 Å². The van der Waals surface area contributed by atoms with Gasteiger partial charge in [-0.3, -0.25) is 19.3 Å². The van der Waals surface area contributed by atoms with Crippen molar-refractivity contribution in [2.24, 2.45) is 5.92 Å². The summed E-state index contributed by atoms with van der Waals surface area (Å²) < 4.78 is 0. The van der Waals surface area contributed by atoms with E-state index in [1.54, 1.807) is 0 Å². The molecule has 0 aromatic rings. The maximum absolute atomic E-state index is 12.8. The van der Waals surface area contributed by atoms with E-state index < -0.39 is 0 Å². The third-order valence-electron chi connectivity index (χ3n) is 5.66. The van der Waals surface area contributed by atoms with Gasteiger partial charge >= 0.3 is 0 Å². The maximum atomic E-state index is 12.8. The van der Waals surface area contributed by atoms with Gasteiger partial charge < -0.3 is 15.1 Å². The number of hydrogen-bond donors (Lipinski definition) is 1. The van der Waals surface area contributed by atoms with Crippen LogP contribution in [0.15, 0.2) is 0 Å². The first-order chi connectivity index (χ1) is 13.0. The third-order valence-corrected chi connectivity index (χ3v) is 5.66. The zero-order chi connectivity index (χ0) is 19.6. The van der Waals surface area contributed by atoms with E-state index in [-0.39, 0.29) is 36.7 Å². The lowest BCUT2D eigenvalue weighted by Gasteiger charge is -2.35. The Morgan fingerprint density at radius 2 is 1.52 bits per heavy atom. The van der Waals surface area contributed by atoms with Gasteiger partial charge in [0.25, 0.3) is 0 Å². The Labute approximate surface area is 163 Å². The summed E-state index contributed by atoms with van der Waals surface area (Å²) in [6.07, 6.45) is 6.18. The fourth-order valence-corrected chi connectivity index (χ4v) is 3.95. The van der Waals surface area contributed by atoms with Crippen LogP contribution in [0, 0.1) is 5.92 Å². The second-order valence-corrected chi connectivity index (χ2v) is 7.65. The molecular formula is C20H36N4O3. The summed E-state index contributed by atoms with van der Waals surface area (Å²) in [5, 5.41) is 2.77. The maximum Gasteiger partial charge on any atom is 0.236 e. The van der Waals surface area contributed by atoms with Crippen LogP contribution in [0.25, 0.3) is 0 Å². The predicted octanol–water partition coefficient (Wildman–Crippen LogP) is 1.09. The molecule has 0 aliphatic carbocycles. The number of carbonyl (C=O) groups is 3. The number of amides is 3. The highest BCUT2D eigenvalue weighted by Gasteiger charge is 2.30. The fourth-order valence-electron chi connectivity index (χ4n) is 3.95. The van der Waals surface area contributed by atoms with Crippen LogP contribution in [0.5, 0.6) is 0 Å². The van der Waals surface area contributed by atoms with E-state index in [1.807, 2.05) is 28.5 Å². The topological polar surface area (TPSA) is 73.0 Å². The van der Waals surface area contributed by atoms with Crippen LogP contribution < -0.4 is 5.32 Å². The van der Waals surface area contributed by atoms with Gasteiger partial charge in [0.05, 0.1) is 13.1 Å². The van der Waals surface area contributed by atoms with Crippen LogP contribution in [0.2, 0.25) is 0 Å². The molecule has 3 amide bonds. The van der Waals surface area contributed by atoms with Crippen molar-refractivity contribution >= 4 is 17.7 Å². The molecule has 7 heteroatoms. The number of carbonyl (C=O) groups excluding carboxylic acids is 3. The smallest absolute Gasteiger partial charge is 0.236 e. The summed E-state index contributed by atoms with van der Waals surface area (Å²) in [6.45, 7) is 8.68. The zero-order valence-corrected chi connectivity index (χ0v) is 17.0. The van der Waals surface area contributed by atoms with Crippen molar-refractivity contribution < 1.29 is 14.4 Å². The number of nitrogens with one attached hydrogen (secondary N) is 1. The highest BCUT2D eigenvalue weighted by molar-refractivity contribution is 5.82. The largest absolute Gasteiger partial charge is 0.355 e. The molecule has 0 saturated carbocycles. The second-order valence-electron chi connectivity index (χ2n) is 7.65. The van der Waals surface area contributed by atoms with Crippen LogP contribution in [0.3, 0.4) is 0 Å². The lowest BCUT2D eigenvalue weighted by Crippen LogP contribution is -2.48. The van der Waals surface area contributed by atoms with Crippen molar-refractivity contribution in [3.05, 3.63) is 0 Å². The van der Waals surface area contributed by atoms with Crippen molar-refractivity contribution in [3.63, 3.8) is 0 Å². The predicted molar refractivity (Wildman–Crippen MR) is 105 cm³/mol. The number of rotatable bonds is 7. The number of hydrogen-bond acceptors (Lipinski definition) is 4. The van der Waals surface area contributed by atoms with Crippen LogP contribution in [0.4, 0.5) is 0 Å². The normalized spacial score (nSPS) is 19.1. The van der Waals surface area contributed by atoms with Crippen molar-refractivity contribution in [1.29, 1.82) is 0 Å². The van der Waals surface area contributed by atoms with Crippen LogP contribution in [-0.4, -0.2) is 84.8 Å². The summed E-state index contributed by atoms with van der Waals surface area (Å²) in [7, 11) is 0. The first-order valence-corrected chi connectivity index (χ1v) is 10.6. The van der Waals surface area contributed by atoms with E-state index in [1.165, 1.54) is 12.8 Å². The molecule has 0 radical (unpaired) electrons. The second kappa shape index (κ2) is 11.3. The number of likely N-dealkylation sites (N-methyl/N-ethyl adjacent to an activating group) is 2. The lowest BCUT2D eigenvalue weighted by molar-refractivity contribution is -0.141. The molecule has 0 aromatic heterocycles. The van der Waals surface area contributed by atoms with Crippen LogP contribution in [-0.2, 0) is 14.4 Å². The van der Waals surface area contributed by atoms with Gasteiger partial charge in [-0.1, -0.05) is 19.8 Å². The monoisotopic (exact) mass is 380 g/mol. The van der Waals surface area contributed by atoms with Crippen molar-refractivity contribution in [3.8, 4) is 0 Å². The molecule has 27 heavy (non-hydrogen) atoms. The molecule has 2 saturated heterocycles. The molecule has 2 heterocycles.